The molecule has 1 heterocycles. The highest BCUT2D eigenvalue weighted by molar-refractivity contribution is 7.92. The quantitative estimate of drug-likeness (QED) is 0.709. The van der Waals surface area contributed by atoms with Crippen molar-refractivity contribution < 1.29 is 22.8 Å². The van der Waals surface area contributed by atoms with E-state index in [-0.39, 0.29) is 6.54 Å². The van der Waals surface area contributed by atoms with Crippen molar-refractivity contribution in [3.05, 3.63) is 65.7 Å². The topological polar surface area (TPSA) is 91.8 Å². The van der Waals surface area contributed by atoms with Crippen LogP contribution < -0.4 is 4.31 Å². The number of carbonyl (C=O) groups is 3. The van der Waals surface area contributed by atoms with Crippen molar-refractivity contribution in [2.45, 2.75) is 12.8 Å². The maximum atomic E-state index is 12.7. The van der Waals surface area contributed by atoms with Gasteiger partial charge in [-0.25, -0.2) is 8.42 Å². The van der Waals surface area contributed by atoms with Crippen molar-refractivity contribution >= 4 is 33.3 Å². The number of nitrogens with zero attached hydrogens (tertiary/aromatic N) is 2. The highest BCUT2D eigenvalue weighted by Gasteiger charge is 2.43. The van der Waals surface area contributed by atoms with Gasteiger partial charge in [0.2, 0.25) is 21.7 Å². The summed E-state index contributed by atoms with van der Waals surface area (Å²) in [5.41, 5.74) is 1.80. The van der Waals surface area contributed by atoms with Gasteiger partial charge in [-0.05, 0) is 30.2 Å². The van der Waals surface area contributed by atoms with Crippen molar-refractivity contribution in [2.75, 3.05) is 23.7 Å². The number of sulfonamides is 1. The number of anilines is 1. The zero-order chi connectivity index (χ0) is 20.5. The molecule has 0 radical (unpaired) electrons. The Morgan fingerprint density at radius 2 is 1.79 bits per heavy atom. The molecule has 0 N–H and O–H groups in total. The summed E-state index contributed by atoms with van der Waals surface area (Å²) in [5, 5.41) is 0. The molecule has 7 nitrogen and oxygen atoms in total. The Bertz CT molecular complexity index is 1030. The molecule has 3 rings (SSSR count). The lowest BCUT2D eigenvalue weighted by Crippen LogP contribution is -2.44. The van der Waals surface area contributed by atoms with Crippen LogP contribution >= 0.6 is 0 Å². The van der Waals surface area contributed by atoms with Crippen LogP contribution in [0, 0.1) is 6.92 Å². The van der Waals surface area contributed by atoms with E-state index < -0.39 is 40.1 Å². The predicted molar refractivity (Wildman–Crippen MR) is 104 cm³/mol. The first-order chi connectivity index (χ1) is 13.2. The molecular formula is C20H20N2O5S. The normalized spacial score (nSPS) is 17.1. The van der Waals surface area contributed by atoms with Crippen LogP contribution in [0.1, 0.15) is 17.0 Å². The molecule has 1 aliphatic rings. The lowest BCUT2D eigenvalue weighted by molar-refractivity contribution is -0.146. The van der Waals surface area contributed by atoms with Gasteiger partial charge in [0, 0.05) is 6.54 Å². The summed E-state index contributed by atoms with van der Waals surface area (Å²) in [7, 11) is -3.77. The van der Waals surface area contributed by atoms with Gasteiger partial charge in [0.25, 0.3) is 5.91 Å². The molecule has 0 spiro atoms. The molecule has 8 heteroatoms. The number of rotatable bonds is 5. The van der Waals surface area contributed by atoms with Crippen molar-refractivity contribution in [1.82, 2.24) is 4.90 Å². The second kappa shape index (κ2) is 7.55. The molecule has 1 saturated heterocycles. The van der Waals surface area contributed by atoms with Gasteiger partial charge in [-0.1, -0.05) is 42.5 Å². The van der Waals surface area contributed by atoms with Gasteiger partial charge < -0.3 is 0 Å². The first-order valence-corrected chi connectivity index (χ1v) is 10.5. The number of ketones is 1. The molecule has 1 fully saturated rings. The number of aryl methyl sites for hydroxylation is 1. The van der Waals surface area contributed by atoms with E-state index in [1.165, 1.54) is 0 Å². The number of carbonyl (C=O) groups excluding carboxylic acids is 3. The minimum Gasteiger partial charge on any atom is -0.288 e. The Hall–Kier alpha value is -3.00. The summed E-state index contributed by atoms with van der Waals surface area (Å²) in [6.45, 7) is 1.16. The SMILES string of the molecule is Cc1cccc(N(CC(=O)N2C[C@@H](c3ccccc3)C(=O)C2=O)S(C)(=O)=O)c1. The molecule has 146 valence electrons. The number of hydrogen-bond acceptors (Lipinski definition) is 5. The van der Waals surface area contributed by atoms with Crippen molar-refractivity contribution in [3.63, 3.8) is 0 Å². The third kappa shape index (κ3) is 3.96. The van der Waals surface area contributed by atoms with E-state index in [1.807, 2.05) is 0 Å². The second-order valence-electron chi connectivity index (χ2n) is 6.75. The largest absolute Gasteiger partial charge is 0.297 e. The average molecular weight is 400 g/mol. The Labute approximate surface area is 163 Å². The summed E-state index contributed by atoms with van der Waals surface area (Å²) in [4.78, 5) is 38.3. The third-order valence-electron chi connectivity index (χ3n) is 4.61. The van der Waals surface area contributed by atoms with Crippen molar-refractivity contribution in [2.24, 2.45) is 0 Å². The van der Waals surface area contributed by atoms with E-state index >= 15 is 0 Å². The zero-order valence-electron chi connectivity index (χ0n) is 15.5. The van der Waals surface area contributed by atoms with Crippen LogP contribution in [0.25, 0.3) is 0 Å². The second-order valence-corrected chi connectivity index (χ2v) is 8.65. The van der Waals surface area contributed by atoms with Gasteiger partial charge in [0.15, 0.2) is 0 Å². The Kier molecular flexibility index (Phi) is 5.33. The molecule has 0 bridgehead atoms. The van der Waals surface area contributed by atoms with Gasteiger partial charge >= 0.3 is 0 Å². The monoisotopic (exact) mass is 400 g/mol. The third-order valence-corrected chi connectivity index (χ3v) is 5.75. The Morgan fingerprint density at radius 1 is 1.11 bits per heavy atom. The molecular weight excluding hydrogens is 380 g/mol. The van der Waals surface area contributed by atoms with Gasteiger partial charge in [-0.15, -0.1) is 0 Å². The van der Waals surface area contributed by atoms with E-state index in [4.69, 9.17) is 0 Å². The van der Waals surface area contributed by atoms with Crippen LogP contribution in [0.5, 0.6) is 0 Å². The van der Waals surface area contributed by atoms with E-state index in [0.29, 0.717) is 11.3 Å². The first kappa shape index (κ1) is 19.8. The number of imide groups is 1. The van der Waals surface area contributed by atoms with Crippen LogP contribution in [0.15, 0.2) is 54.6 Å². The molecule has 1 atom stereocenters. The molecule has 1 aliphatic heterocycles. The maximum Gasteiger partial charge on any atom is 0.297 e. The summed E-state index contributed by atoms with van der Waals surface area (Å²) < 4.78 is 25.4. The molecule has 28 heavy (non-hydrogen) atoms. The number of Topliss-reactive ketones (excluding diaryl/α,β-unsaturated/α-hetero) is 1. The number of likely N-dealkylation sites (tertiary alicyclic amines) is 1. The zero-order valence-corrected chi connectivity index (χ0v) is 16.3. The number of benzene rings is 2. The summed E-state index contributed by atoms with van der Waals surface area (Å²) in [6.07, 6.45) is 0.992. The molecule has 2 aromatic carbocycles. The van der Waals surface area contributed by atoms with Crippen LogP contribution in [0.3, 0.4) is 0 Å². The fourth-order valence-corrected chi connectivity index (χ4v) is 4.02. The van der Waals surface area contributed by atoms with E-state index in [2.05, 4.69) is 0 Å². The maximum absolute atomic E-state index is 12.7. The van der Waals surface area contributed by atoms with Crippen molar-refractivity contribution in [3.8, 4) is 0 Å². The lowest BCUT2D eigenvalue weighted by atomic mass is 9.97. The summed E-state index contributed by atoms with van der Waals surface area (Å²) in [6, 6.07) is 15.4. The molecule has 2 amide bonds. The van der Waals surface area contributed by atoms with Gasteiger partial charge in [-0.2, -0.15) is 0 Å². The highest BCUT2D eigenvalue weighted by atomic mass is 32.2. The van der Waals surface area contributed by atoms with Gasteiger partial charge in [0.1, 0.15) is 6.54 Å². The van der Waals surface area contributed by atoms with Crippen LogP contribution in [-0.4, -0.2) is 50.3 Å². The first-order valence-electron chi connectivity index (χ1n) is 8.66. The summed E-state index contributed by atoms with van der Waals surface area (Å²) >= 11 is 0. The molecule has 0 aromatic heterocycles. The highest BCUT2D eigenvalue weighted by Crippen LogP contribution is 2.26. The van der Waals surface area contributed by atoms with Crippen LogP contribution in [-0.2, 0) is 24.4 Å². The van der Waals surface area contributed by atoms with Crippen LogP contribution in [0.2, 0.25) is 0 Å². The Balaban J connectivity index is 1.84. The van der Waals surface area contributed by atoms with E-state index in [9.17, 15) is 22.8 Å². The number of hydrogen-bond donors (Lipinski definition) is 0. The minimum absolute atomic E-state index is 0.0913. The van der Waals surface area contributed by atoms with E-state index in [0.717, 1.165) is 21.0 Å². The van der Waals surface area contributed by atoms with E-state index in [1.54, 1.807) is 61.5 Å². The smallest absolute Gasteiger partial charge is 0.288 e. The summed E-state index contributed by atoms with van der Waals surface area (Å²) in [5.74, 6) is -3.04. The molecule has 0 unspecified atom stereocenters. The molecule has 0 aliphatic carbocycles. The van der Waals surface area contributed by atoms with Crippen LogP contribution in [0.4, 0.5) is 5.69 Å². The van der Waals surface area contributed by atoms with Gasteiger partial charge in [-0.3, -0.25) is 23.6 Å². The van der Waals surface area contributed by atoms with Crippen molar-refractivity contribution in [1.29, 1.82) is 0 Å². The fourth-order valence-electron chi connectivity index (χ4n) is 3.18. The molecule has 2 aromatic rings. The Morgan fingerprint density at radius 3 is 2.39 bits per heavy atom. The number of amides is 2. The predicted octanol–water partition coefficient (Wildman–Crippen LogP) is 1.48. The lowest BCUT2D eigenvalue weighted by Gasteiger charge is -2.24. The van der Waals surface area contributed by atoms with Gasteiger partial charge in [0.05, 0.1) is 17.9 Å². The fraction of sp³-hybridized carbons (Fsp3) is 0.250. The standard InChI is InChI=1S/C20H20N2O5S/c1-14-7-6-10-16(11-14)22(28(2,26)27)13-18(23)21-12-17(19(24)20(21)25)15-8-4-3-5-9-15/h3-11,17H,12-13H2,1-2H3/t17-/m0/s1. The average Bonchev–Trinajstić information content (AvgIpc) is 2.94. The molecule has 0 saturated carbocycles. The minimum atomic E-state index is -3.77.